The zero-order valence-corrected chi connectivity index (χ0v) is 11.4. The summed E-state index contributed by atoms with van der Waals surface area (Å²) in [5, 5.41) is 0. The number of methoxy groups -OCH3 is 1. The Morgan fingerprint density at radius 1 is 1.33 bits per heavy atom. The minimum atomic E-state index is -0.347. The highest BCUT2D eigenvalue weighted by Crippen LogP contribution is 2.33. The maximum absolute atomic E-state index is 5.94. The Morgan fingerprint density at radius 3 is 2.83 bits per heavy atom. The molecule has 0 N–H and O–H groups in total. The van der Waals surface area contributed by atoms with Crippen molar-refractivity contribution in [2.45, 2.75) is 25.7 Å². The number of nitrogens with zero attached hydrogens (tertiary/aromatic N) is 3. The van der Waals surface area contributed by atoms with E-state index in [9.17, 15) is 0 Å². The summed E-state index contributed by atoms with van der Waals surface area (Å²) < 4.78 is 24.7. The van der Waals surface area contributed by atoms with Gasteiger partial charge in [0.2, 0.25) is 0 Å². The fourth-order valence-corrected chi connectivity index (χ4v) is 2.97. The standard InChI is InChI=1S/C11H17N3O3S/c1-7(15-2)16-10-11(13-18-12-10)17-9-6-14-4-3-8(9)5-14/h7-9H,3-6H2,1-2H3. The summed E-state index contributed by atoms with van der Waals surface area (Å²) in [5.41, 5.74) is 0. The Kier molecular flexibility index (Phi) is 3.36. The van der Waals surface area contributed by atoms with Crippen molar-refractivity contribution in [1.82, 2.24) is 13.6 Å². The lowest BCUT2D eigenvalue weighted by Gasteiger charge is -2.22. The van der Waals surface area contributed by atoms with Crippen molar-refractivity contribution < 1.29 is 14.2 Å². The first kappa shape index (κ1) is 12.1. The van der Waals surface area contributed by atoms with Crippen molar-refractivity contribution in [3.05, 3.63) is 0 Å². The number of ether oxygens (including phenoxy) is 3. The number of piperidine rings is 1. The molecule has 4 atom stereocenters. The van der Waals surface area contributed by atoms with Crippen LogP contribution in [0.25, 0.3) is 0 Å². The van der Waals surface area contributed by atoms with E-state index in [1.165, 1.54) is 13.0 Å². The molecule has 1 aromatic rings. The highest BCUT2D eigenvalue weighted by molar-refractivity contribution is 6.99. The predicted molar refractivity (Wildman–Crippen MR) is 66.0 cm³/mol. The van der Waals surface area contributed by atoms with Crippen LogP contribution in [0.1, 0.15) is 13.3 Å². The van der Waals surface area contributed by atoms with Crippen molar-refractivity contribution in [2.24, 2.45) is 5.92 Å². The summed E-state index contributed by atoms with van der Waals surface area (Å²) in [6.07, 6.45) is 1.09. The molecule has 3 heterocycles. The van der Waals surface area contributed by atoms with Crippen molar-refractivity contribution in [3.63, 3.8) is 0 Å². The molecule has 0 spiro atoms. The molecule has 100 valence electrons. The molecule has 0 aromatic carbocycles. The Labute approximate surface area is 110 Å². The van der Waals surface area contributed by atoms with Crippen LogP contribution < -0.4 is 9.47 Å². The van der Waals surface area contributed by atoms with E-state index in [0.29, 0.717) is 17.7 Å². The average Bonchev–Trinajstić information content (AvgIpc) is 3.07. The Balaban J connectivity index is 1.64. The van der Waals surface area contributed by atoms with Crippen LogP contribution in [0.2, 0.25) is 0 Å². The van der Waals surface area contributed by atoms with Crippen molar-refractivity contribution >= 4 is 11.7 Å². The summed E-state index contributed by atoms with van der Waals surface area (Å²) >= 11 is 1.10. The number of aromatic nitrogens is 2. The van der Waals surface area contributed by atoms with Gasteiger partial charge in [0.1, 0.15) is 6.10 Å². The van der Waals surface area contributed by atoms with E-state index in [1.807, 2.05) is 6.92 Å². The zero-order valence-electron chi connectivity index (χ0n) is 10.5. The van der Waals surface area contributed by atoms with Crippen LogP contribution in [0.15, 0.2) is 0 Å². The normalized spacial score (nSPS) is 31.6. The third-order valence-electron chi connectivity index (χ3n) is 3.58. The van der Waals surface area contributed by atoms with Crippen LogP contribution in [-0.4, -0.2) is 52.8 Å². The molecule has 2 aliphatic rings. The van der Waals surface area contributed by atoms with Crippen molar-refractivity contribution in [3.8, 4) is 11.8 Å². The lowest BCUT2D eigenvalue weighted by molar-refractivity contribution is -0.0431. The molecule has 18 heavy (non-hydrogen) atoms. The first-order valence-corrected chi connectivity index (χ1v) is 6.90. The highest BCUT2D eigenvalue weighted by atomic mass is 32.1. The van der Waals surface area contributed by atoms with Gasteiger partial charge in [-0.1, -0.05) is 0 Å². The minimum Gasteiger partial charge on any atom is -0.468 e. The second kappa shape index (κ2) is 4.99. The molecule has 2 bridgehead atoms. The molecule has 4 unspecified atom stereocenters. The van der Waals surface area contributed by atoms with Crippen LogP contribution in [0.5, 0.6) is 11.8 Å². The molecular formula is C11H17N3O3S. The second-order valence-electron chi connectivity index (χ2n) is 4.76. The third kappa shape index (κ3) is 2.30. The minimum absolute atomic E-state index is 0.225. The van der Waals surface area contributed by atoms with Gasteiger partial charge in [0.15, 0.2) is 6.29 Å². The number of hydrogen-bond donors (Lipinski definition) is 0. The van der Waals surface area contributed by atoms with Gasteiger partial charge < -0.3 is 14.2 Å². The lowest BCUT2D eigenvalue weighted by Crippen LogP contribution is -2.32. The van der Waals surface area contributed by atoms with Crippen molar-refractivity contribution in [2.75, 3.05) is 26.7 Å². The molecule has 2 aliphatic heterocycles. The van der Waals surface area contributed by atoms with Gasteiger partial charge in [0.25, 0.3) is 11.8 Å². The van der Waals surface area contributed by atoms with Crippen LogP contribution in [0.4, 0.5) is 0 Å². The fourth-order valence-electron chi connectivity index (χ4n) is 2.53. The van der Waals surface area contributed by atoms with Gasteiger partial charge in [-0.25, -0.2) is 0 Å². The number of rotatable bonds is 5. The highest BCUT2D eigenvalue weighted by Gasteiger charge is 2.40. The molecule has 7 heteroatoms. The zero-order chi connectivity index (χ0) is 12.5. The molecule has 2 fully saturated rings. The first-order chi connectivity index (χ1) is 8.76. The molecule has 2 saturated heterocycles. The third-order valence-corrected chi connectivity index (χ3v) is 4.07. The molecule has 3 rings (SSSR count). The van der Waals surface area contributed by atoms with E-state index in [4.69, 9.17) is 14.2 Å². The molecule has 0 saturated carbocycles. The van der Waals surface area contributed by atoms with Crippen LogP contribution in [0, 0.1) is 5.92 Å². The number of hydrogen-bond acceptors (Lipinski definition) is 7. The second-order valence-corrected chi connectivity index (χ2v) is 5.29. The molecule has 0 radical (unpaired) electrons. The SMILES string of the molecule is COC(C)Oc1nsnc1OC1CN2CCC1C2. The van der Waals surface area contributed by atoms with E-state index in [0.717, 1.165) is 24.8 Å². The molecule has 6 nitrogen and oxygen atoms in total. The summed E-state index contributed by atoms with van der Waals surface area (Å²) in [4.78, 5) is 2.42. The van der Waals surface area contributed by atoms with E-state index in [1.54, 1.807) is 7.11 Å². The quantitative estimate of drug-likeness (QED) is 0.744. The van der Waals surface area contributed by atoms with Gasteiger partial charge in [-0.3, -0.25) is 4.90 Å². The Bertz CT molecular complexity index is 414. The Morgan fingerprint density at radius 2 is 2.17 bits per heavy atom. The number of fused-ring (bicyclic) bond motifs is 2. The topological polar surface area (TPSA) is 56.7 Å². The van der Waals surface area contributed by atoms with E-state index in [2.05, 4.69) is 13.6 Å². The van der Waals surface area contributed by atoms with Gasteiger partial charge in [-0.15, -0.1) is 8.75 Å². The summed E-state index contributed by atoms with van der Waals surface area (Å²) in [6, 6.07) is 0. The van der Waals surface area contributed by atoms with E-state index < -0.39 is 0 Å². The van der Waals surface area contributed by atoms with Crippen molar-refractivity contribution in [1.29, 1.82) is 0 Å². The fraction of sp³-hybridized carbons (Fsp3) is 0.818. The molecule has 0 aliphatic carbocycles. The lowest BCUT2D eigenvalue weighted by atomic mass is 10.0. The van der Waals surface area contributed by atoms with Gasteiger partial charge >= 0.3 is 0 Å². The van der Waals surface area contributed by atoms with Gasteiger partial charge in [0, 0.05) is 26.1 Å². The van der Waals surface area contributed by atoms with Crippen LogP contribution >= 0.6 is 11.7 Å². The largest absolute Gasteiger partial charge is 0.468 e. The summed E-state index contributed by atoms with van der Waals surface area (Å²) in [5.74, 6) is 1.56. The smallest absolute Gasteiger partial charge is 0.293 e. The molecular weight excluding hydrogens is 254 g/mol. The van der Waals surface area contributed by atoms with Crippen LogP contribution in [0.3, 0.4) is 0 Å². The van der Waals surface area contributed by atoms with Crippen LogP contribution in [-0.2, 0) is 4.74 Å². The maximum atomic E-state index is 5.94. The maximum Gasteiger partial charge on any atom is 0.293 e. The monoisotopic (exact) mass is 271 g/mol. The van der Waals surface area contributed by atoms with Gasteiger partial charge in [-0.2, -0.15) is 0 Å². The average molecular weight is 271 g/mol. The molecule has 1 aromatic heterocycles. The predicted octanol–water partition coefficient (Wildman–Crippen LogP) is 0.992. The van der Waals surface area contributed by atoms with E-state index in [-0.39, 0.29) is 12.4 Å². The first-order valence-electron chi connectivity index (χ1n) is 6.17. The summed E-state index contributed by atoms with van der Waals surface area (Å²) in [7, 11) is 1.59. The van der Waals surface area contributed by atoms with E-state index >= 15 is 0 Å². The summed E-state index contributed by atoms with van der Waals surface area (Å²) in [6.45, 7) is 5.14. The van der Waals surface area contributed by atoms with Gasteiger partial charge in [0.05, 0.1) is 11.7 Å². The van der Waals surface area contributed by atoms with Gasteiger partial charge in [-0.05, 0) is 19.9 Å². The Hall–Kier alpha value is -0.920. The molecule has 0 amide bonds.